The molecule has 0 saturated carbocycles. The highest BCUT2D eigenvalue weighted by Gasteiger charge is 2.21. The number of amides is 1. The Balaban J connectivity index is 0.000000717. The number of carboxylic acids is 1. The molecule has 2 aromatic carbocycles. The molecule has 200 valence electrons. The number of hydrogen-bond acceptors (Lipinski definition) is 5. The van der Waals surface area contributed by atoms with Crippen LogP contribution in [0.5, 0.6) is 0 Å². The Labute approximate surface area is 222 Å². The Morgan fingerprint density at radius 2 is 1.70 bits per heavy atom. The van der Waals surface area contributed by atoms with Crippen LogP contribution in [0.25, 0.3) is 5.69 Å². The first-order valence-electron chi connectivity index (χ1n) is 11.9. The van der Waals surface area contributed by atoms with E-state index < -0.39 is 17.1 Å². The maximum Gasteiger partial charge on any atom is 0.338 e. The summed E-state index contributed by atoms with van der Waals surface area (Å²) in [5, 5.41) is 16.1. The smallest absolute Gasteiger partial charge is 0.338 e. The minimum absolute atomic E-state index is 0.0586. The zero-order valence-corrected chi connectivity index (χ0v) is 23.7. The summed E-state index contributed by atoms with van der Waals surface area (Å²) in [5.74, 6) is -1.43. The number of nitrogens with two attached hydrogens (primary N) is 1. The lowest BCUT2D eigenvalue weighted by molar-refractivity contribution is 0.0696. The molecule has 3 aromatic rings. The normalized spacial score (nSPS) is 12.4. The Morgan fingerprint density at radius 1 is 1.08 bits per heavy atom. The monoisotopic (exact) mass is 526 g/mol. The van der Waals surface area contributed by atoms with E-state index >= 15 is 0 Å². The standard InChI is InChI=1S/C23H25N3O4S.C5H13N/c1-14-6-7-15(10-19(14)26-13-16(12-24-26)22(28)29)21(27)25-18-11-17(23(2,3)4)8-9-20(18)31(5)30;1-5(2,3)4-6/h6-13H,1-5H3,(H,25,27)(H,28,29);4,6H2,1-3H3/t31-;/m1./s1. The highest BCUT2D eigenvalue weighted by atomic mass is 32.2. The zero-order chi connectivity index (χ0) is 28.1. The number of anilines is 1. The number of nitrogens with zero attached hydrogens (tertiary/aromatic N) is 2. The van der Waals surface area contributed by atoms with Gasteiger partial charge in [0.15, 0.2) is 4.90 Å². The molecule has 4 N–H and O–H groups in total. The highest BCUT2D eigenvalue weighted by Crippen LogP contribution is 2.30. The lowest BCUT2D eigenvalue weighted by Crippen LogP contribution is -2.18. The maximum absolute atomic E-state index is 13.0. The van der Waals surface area contributed by atoms with Crippen molar-refractivity contribution < 1.29 is 19.2 Å². The average molecular weight is 527 g/mol. The van der Waals surface area contributed by atoms with Crippen LogP contribution in [0.3, 0.4) is 0 Å². The summed E-state index contributed by atoms with van der Waals surface area (Å²) in [7, 11) is 0. The number of aromatic carboxylic acids is 1. The van der Waals surface area contributed by atoms with Crippen LogP contribution in [0.2, 0.25) is 0 Å². The van der Waals surface area contributed by atoms with E-state index in [2.05, 4.69) is 52.0 Å². The fraction of sp³-hybridized carbons (Fsp3) is 0.393. The number of aromatic nitrogens is 2. The predicted molar refractivity (Wildman–Crippen MR) is 149 cm³/mol. The first-order valence-corrected chi connectivity index (χ1v) is 13.5. The summed E-state index contributed by atoms with van der Waals surface area (Å²) in [6, 6.07) is 10.7. The van der Waals surface area contributed by atoms with Crippen molar-refractivity contribution >= 4 is 28.7 Å². The quantitative estimate of drug-likeness (QED) is 0.393. The molecule has 0 unspecified atom stereocenters. The van der Waals surface area contributed by atoms with Crippen molar-refractivity contribution in [2.45, 2.75) is 58.8 Å². The number of carbonyl (C=O) groups excluding carboxylic acids is 1. The second kappa shape index (κ2) is 11.9. The van der Waals surface area contributed by atoms with Gasteiger partial charge >= 0.3 is 5.97 Å². The highest BCUT2D eigenvalue weighted by molar-refractivity contribution is 7.90. The van der Waals surface area contributed by atoms with E-state index in [1.54, 1.807) is 30.5 Å². The molecule has 0 fully saturated rings. The van der Waals surface area contributed by atoms with Gasteiger partial charge in [0.05, 0.1) is 23.1 Å². The van der Waals surface area contributed by atoms with Crippen molar-refractivity contribution in [2.24, 2.45) is 11.1 Å². The number of carbonyl (C=O) groups is 2. The fourth-order valence-corrected chi connectivity index (χ4v) is 3.78. The van der Waals surface area contributed by atoms with Gasteiger partial charge in [-0.15, -0.1) is 0 Å². The number of carboxylic acid groups (broad SMARTS) is 1. The van der Waals surface area contributed by atoms with Gasteiger partial charge in [-0.1, -0.05) is 53.7 Å². The van der Waals surface area contributed by atoms with Crippen molar-refractivity contribution in [1.29, 1.82) is 0 Å². The van der Waals surface area contributed by atoms with Gasteiger partial charge in [-0.3, -0.25) is 4.79 Å². The summed E-state index contributed by atoms with van der Waals surface area (Å²) in [6.07, 6.45) is 4.23. The lowest BCUT2D eigenvalue weighted by atomic mass is 9.87. The number of rotatable bonds is 5. The van der Waals surface area contributed by atoms with E-state index in [4.69, 9.17) is 10.8 Å². The van der Waals surface area contributed by atoms with E-state index in [0.717, 1.165) is 17.7 Å². The molecule has 1 aromatic heterocycles. The van der Waals surface area contributed by atoms with Crippen molar-refractivity contribution in [3.8, 4) is 5.69 Å². The summed E-state index contributed by atoms with van der Waals surface area (Å²) in [4.78, 5) is 24.7. The molecule has 0 aliphatic rings. The molecule has 0 spiro atoms. The second-order valence-electron chi connectivity index (χ2n) is 11.1. The molecular weight excluding hydrogens is 488 g/mol. The molecule has 0 radical (unpaired) electrons. The SMILES string of the molecule is CC(C)(C)CN.Cc1ccc(C(=O)Nc2cc(C(C)(C)C)ccc2[S@@+](C)[O-])cc1-n1cc(C(=O)O)cn1. The summed E-state index contributed by atoms with van der Waals surface area (Å²) >= 11 is -1.27. The molecule has 0 aliphatic carbocycles. The van der Waals surface area contributed by atoms with Crippen LogP contribution >= 0.6 is 0 Å². The van der Waals surface area contributed by atoms with E-state index in [1.807, 2.05) is 19.1 Å². The molecule has 3 rings (SSSR count). The third-order valence-electron chi connectivity index (χ3n) is 5.56. The van der Waals surface area contributed by atoms with Crippen LogP contribution in [0.15, 0.2) is 53.7 Å². The molecule has 1 heterocycles. The first-order chi connectivity index (χ1) is 17.0. The molecule has 9 heteroatoms. The van der Waals surface area contributed by atoms with Crippen molar-refractivity contribution in [3.05, 3.63) is 71.0 Å². The van der Waals surface area contributed by atoms with Gasteiger partial charge in [-0.2, -0.15) is 5.10 Å². The molecule has 8 nitrogen and oxygen atoms in total. The van der Waals surface area contributed by atoms with Crippen LogP contribution in [0.1, 0.15) is 73.4 Å². The van der Waals surface area contributed by atoms with Crippen LogP contribution < -0.4 is 11.1 Å². The molecule has 1 atom stereocenters. The summed E-state index contributed by atoms with van der Waals surface area (Å²) < 4.78 is 13.6. The van der Waals surface area contributed by atoms with Gasteiger partial charge in [-0.25, -0.2) is 9.48 Å². The molecule has 0 saturated heterocycles. The Morgan fingerprint density at radius 3 is 2.19 bits per heavy atom. The number of aryl methyl sites for hydroxylation is 1. The third-order valence-corrected chi connectivity index (χ3v) is 6.54. The van der Waals surface area contributed by atoms with Crippen LogP contribution in [-0.2, 0) is 16.6 Å². The largest absolute Gasteiger partial charge is 0.612 e. The number of nitrogens with one attached hydrogen (secondary N) is 1. The number of benzene rings is 2. The van der Waals surface area contributed by atoms with Crippen molar-refractivity contribution in [2.75, 3.05) is 18.1 Å². The van der Waals surface area contributed by atoms with Gasteiger partial charge < -0.3 is 20.7 Å². The summed E-state index contributed by atoms with van der Waals surface area (Å²) in [6.45, 7) is 15.2. The third kappa shape index (κ3) is 8.45. The van der Waals surface area contributed by atoms with E-state index in [-0.39, 0.29) is 16.9 Å². The number of hydrogen-bond donors (Lipinski definition) is 3. The van der Waals surface area contributed by atoms with Crippen molar-refractivity contribution in [3.63, 3.8) is 0 Å². The molecular formula is C28H38N4O4S. The van der Waals surface area contributed by atoms with E-state index in [1.165, 1.54) is 17.1 Å². The van der Waals surface area contributed by atoms with Crippen LogP contribution in [0, 0.1) is 12.3 Å². The minimum atomic E-state index is -1.27. The molecule has 1 amide bonds. The molecule has 0 aliphatic heterocycles. The zero-order valence-electron chi connectivity index (χ0n) is 22.9. The summed E-state index contributed by atoms with van der Waals surface area (Å²) in [5.41, 5.74) is 8.88. The second-order valence-corrected chi connectivity index (χ2v) is 12.5. The van der Waals surface area contributed by atoms with Crippen LogP contribution in [0.4, 0.5) is 5.69 Å². The predicted octanol–water partition coefficient (Wildman–Crippen LogP) is 5.16. The van der Waals surface area contributed by atoms with Gasteiger partial charge in [0.1, 0.15) is 6.26 Å². The van der Waals surface area contributed by atoms with Crippen LogP contribution in [-0.4, -0.2) is 44.1 Å². The van der Waals surface area contributed by atoms with Gasteiger partial charge in [0.2, 0.25) is 0 Å². The first kappa shape index (κ1) is 30.1. The van der Waals surface area contributed by atoms with Gasteiger partial charge in [-0.05, 0) is 70.9 Å². The Hall–Kier alpha value is -3.14. The topological polar surface area (TPSA) is 133 Å². The fourth-order valence-electron chi connectivity index (χ4n) is 3.10. The minimum Gasteiger partial charge on any atom is -0.612 e. The molecule has 0 bridgehead atoms. The van der Waals surface area contributed by atoms with E-state index in [9.17, 15) is 14.1 Å². The van der Waals surface area contributed by atoms with E-state index in [0.29, 0.717) is 27.2 Å². The Bertz CT molecular complexity index is 1250. The Kier molecular flexibility index (Phi) is 9.71. The maximum atomic E-state index is 13.0. The lowest BCUT2D eigenvalue weighted by Gasteiger charge is -2.21. The average Bonchev–Trinajstić information content (AvgIpc) is 3.29. The van der Waals surface area contributed by atoms with Gasteiger partial charge in [0.25, 0.3) is 5.91 Å². The van der Waals surface area contributed by atoms with Gasteiger partial charge in [0, 0.05) is 11.8 Å². The molecule has 37 heavy (non-hydrogen) atoms. The van der Waals surface area contributed by atoms with Crippen molar-refractivity contribution in [1.82, 2.24) is 9.78 Å².